The molecule has 1 heterocycles. The largest absolute Gasteiger partial charge is 0.494 e. The number of halogens is 5. The molecule has 4 nitrogen and oxygen atoms in total. The van der Waals surface area contributed by atoms with Gasteiger partial charge in [-0.1, -0.05) is 238 Å². The van der Waals surface area contributed by atoms with E-state index in [1.165, 1.54) is 48.1 Å². The van der Waals surface area contributed by atoms with Crippen molar-refractivity contribution in [1.82, 2.24) is 0 Å². The molecule has 0 spiro atoms. The van der Waals surface area contributed by atoms with E-state index < -0.39 is 0 Å². The second kappa shape index (κ2) is 28.6. The highest BCUT2D eigenvalue weighted by molar-refractivity contribution is 14.1. The van der Waals surface area contributed by atoms with Crippen LogP contribution in [0.15, 0.2) is 321 Å². The molecule has 12 aromatic rings. The van der Waals surface area contributed by atoms with E-state index in [2.05, 4.69) is 391 Å². The van der Waals surface area contributed by atoms with Gasteiger partial charge in [-0.15, -0.1) is 0 Å². The van der Waals surface area contributed by atoms with Crippen LogP contribution in [-0.4, -0.2) is 18.3 Å². The number of anilines is 6. The van der Waals surface area contributed by atoms with E-state index in [1.807, 2.05) is 36.4 Å². The molecule has 1 fully saturated rings. The van der Waals surface area contributed by atoms with E-state index in [9.17, 15) is 0 Å². The Labute approximate surface area is 566 Å². The number of nitrogens with zero attached hydrogens (tertiary/aromatic N) is 2. The van der Waals surface area contributed by atoms with E-state index in [0.29, 0.717) is 0 Å². The Hall–Kier alpha value is -7.13. The topological polar surface area (TPSA) is 24.9 Å². The Kier molecular flexibility index (Phi) is 20.3. The highest BCUT2D eigenvalue weighted by Gasteiger charge is 2.51. The van der Waals surface area contributed by atoms with Gasteiger partial charge in [0.25, 0.3) is 0 Å². The van der Waals surface area contributed by atoms with Gasteiger partial charge in [0.15, 0.2) is 0 Å². The van der Waals surface area contributed by atoms with Crippen LogP contribution < -0.4 is 15.3 Å². The number of rotatable bonds is 12. The highest BCUT2D eigenvalue weighted by Crippen LogP contribution is 2.42. The van der Waals surface area contributed by atoms with Gasteiger partial charge in [0, 0.05) is 61.1 Å². The zero-order chi connectivity index (χ0) is 61.2. The SMILES string of the molecule is Brc1cccc(Br)c1-c1ccc(N(c2ccc(-c3ccccc3)cc2)c2ccc(-c3ccccc3)cc2)cc1.Brc1cccc(Br)c1I.CC1(C)OB(c2ccc(N(c3ccc(-c4ccccc4)cc3)c3ccc(-c4ccccc4)cc3)cc2)OC1(C)C. The lowest BCUT2D eigenvalue weighted by Gasteiger charge is -2.32. The summed E-state index contributed by atoms with van der Waals surface area (Å²) in [4.78, 5) is 4.60. The van der Waals surface area contributed by atoms with E-state index in [0.717, 1.165) is 68.6 Å². The summed E-state index contributed by atoms with van der Waals surface area (Å²) >= 11 is 16.5. The standard InChI is InChI=1S/C36H34BNO2.C36H25Br2N.C6H3Br2I/c1-35(2)36(3,4)40-37(39-35)31-19-25-34(26-20-31)38(32-21-15-29(16-22-32)27-11-7-5-8-12-27)33-23-17-30(18-24-33)28-13-9-6-10-14-28;37-34-12-7-13-35(38)36(34)30-18-24-33(25-19-30)39(31-20-14-28(15-21-31)26-8-3-1-4-9-26)32-22-16-29(17-23-32)27-10-5-2-6-11-27;7-4-2-1-3-5(8)6(4)9/h5-26H,1-4H3;1-25H;1-3H. The fourth-order valence-electron chi connectivity index (χ4n) is 10.4. The molecule has 12 aromatic carbocycles. The van der Waals surface area contributed by atoms with Crippen LogP contribution >= 0.6 is 86.3 Å². The molecule has 88 heavy (non-hydrogen) atoms. The van der Waals surface area contributed by atoms with Crippen molar-refractivity contribution in [2.75, 3.05) is 9.80 Å². The van der Waals surface area contributed by atoms with Crippen LogP contribution in [0.1, 0.15) is 27.7 Å². The fraction of sp³-hybridized carbons (Fsp3) is 0.0769. The minimum atomic E-state index is -0.386. The van der Waals surface area contributed by atoms with E-state index in [1.54, 1.807) is 0 Å². The predicted molar refractivity (Wildman–Crippen MR) is 395 cm³/mol. The van der Waals surface area contributed by atoms with Crippen molar-refractivity contribution in [2.24, 2.45) is 0 Å². The zero-order valence-electron chi connectivity index (χ0n) is 49.0. The Bertz CT molecular complexity index is 4000. The van der Waals surface area contributed by atoms with Crippen molar-refractivity contribution in [2.45, 2.75) is 38.9 Å². The molecule has 0 atom stereocenters. The third-order valence-corrected chi connectivity index (χ3v) is 21.2. The second-order valence-electron chi connectivity index (χ2n) is 22.2. The summed E-state index contributed by atoms with van der Waals surface area (Å²) in [7, 11) is -0.386. The van der Waals surface area contributed by atoms with Gasteiger partial charge in [-0.05, 0) is 235 Å². The molecular weight excluding hydrogens is 1450 g/mol. The molecule has 434 valence electrons. The van der Waals surface area contributed by atoms with Crippen LogP contribution in [-0.2, 0) is 9.31 Å². The molecule has 0 bridgehead atoms. The van der Waals surface area contributed by atoms with Crippen LogP contribution in [0, 0.1) is 3.57 Å². The Morgan fingerprint density at radius 3 is 0.761 bits per heavy atom. The van der Waals surface area contributed by atoms with E-state index in [4.69, 9.17) is 9.31 Å². The van der Waals surface area contributed by atoms with Crippen molar-refractivity contribution in [1.29, 1.82) is 0 Å². The molecule has 0 aromatic heterocycles. The van der Waals surface area contributed by atoms with Crippen LogP contribution in [0.4, 0.5) is 34.1 Å². The number of benzene rings is 12. The summed E-state index contributed by atoms with van der Waals surface area (Å²) in [6.07, 6.45) is 0. The smallest absolute Gasteiger partial charge is 0.399 e. The maximum absolute atomic E-state index is 6.29. The van der Waals surface area contributed by atoms with Crippen LogP contribution in [0.2, 0.25) is 0 Å². The summed E-state index contributed by atoms with van der Waals surface area (Å²) in [5.74, 6) is 0. The normalized spacial score (nSPS) is 12.9. The maximum Gasteiger partial charge on any atom is 0.494 e. The van der Waals surface area contributed by atoms with Gasteiger partial charge in [-0.3, -0.25) is 0 Å². The van der Waals surface area contributed by atoms with Crippen LogP contribution in [0.5, 0.6) is 0 Å². The highest BCUT2D eigenvalue weighted by atomic mass is 127. The van der Waals surface area contributed by atoms with Gasteiger partial charge in [0.05, 0.1) is 11.2 Å². The third-order valence-electron chi connectivity index (χ3n) is 15.9. The third kappa shape index (κ3) is 14.8. The maximum atomic E-state index is 6.29. The van der Waals surface area contributed by atoms with Gasteiger partial charge in [-0.25, -0.2) is 0 Å². The fourth-order valence-corrected chi connectivity index (χ4v) is 13.2. The Morgan fingerprint density at radius 1 is 0.273 bits per heavy atom. The average Bonchev–Trinajstić information content (AvgIpc) is 2.64. The molecule has 1 aliphatic rings. The molecule has 13 rings (SSSR count). The van der Waals surface area contributed by atoms with Gasteiger partial charge < -0.3 is 19.1 Å². The summed E-state index contributed by atoms with van der Waals surface area (Å²) in [5, 5.41) is 0. The molecule has 0 aliphatic carbocycles. The molecule has 0 radical (unpaired) electrons. The average molecular weight is 1520 g/mol. The molecule has 0 N–H and O–H groups in total. The van der Waals surface area contributed by atoms with Gasteiger partial charge in [0.1, 0.15) is 0 Å². The Morgan fingerprint density at radius 2 is 0.500 bits per heavy atom. The van der Waals surface area contributed by atoms with Gasteiger partial charge >= 0.3 is 7.12 Å². The molecule has 10 heteroatoms. The van der Waals surface area contributed by atoms with Crippen molar-refractivity contribution in [3.8, 4) is 55.6 Å². The monoisotopic (exact) mass is 1510 g/mol. The van der Waals surface area contributed by atoms with Crippen LogP contribution in [0.25, 0.3) is 55.6 Å². The minimum Gasteiger partial charge on any atom is -0.399 e. The zero-order valence-corrected chi connectivity index (χ0v) is 57.5. The first kappa shape index (κ1) is 62.5. The number of hydrogen-bond donors (Lipinski definition) is 0. The second-order valence-corrected chi connectivity index (χ2v) is 26.7. The van der Waals surface area contributed by atoms with E-state index in [-0.39, 0.29) is 18.3 Å². The predicted octanol–water partition coefficient (Wildman–Crippen LogP) is 24.3. The summed E-state index contributed by atoms with van der Waals surface area (Å²) < 4.78 is 18.2. The molecule has 1 aliphatic heterocycles. The lowest BCUT2D eigenvalue weighted by Crippen LogP contribution is -2.41. The lowest BCUT2D eigenvalue weighted by atomic mass is 9.79. The summed E-state index contributed by atoms with van der Waals surface area (Å²) in [5.41, 5.74) is 18.8. The van der Waals surface area contributed by atoms with Crippen molar-refractivity contribution in [3.05, 3.63) is 325 Å². The molecule has 0 saturated carbocycles. The van der Waals surface area contributed by atoms with E-state index >= 15 is 0 Å². The van der Waals surface area contributed by atoms with Crippen LogP contribution in [0.3, 0.4) is 0 Å². The molecule has 1 saturated heterocycles. The molecular formula is C78H62BBr4IN2O2. The van der Waals surface area contributed by atoms with Crippen molar-refractivity contribution >= 4 is 133 Å². The minimum absolute atomic E-state index is 0.372. The molecule has 0 unspecified atom stereocenters. The quantitative estimate of drug-likeness (QED) is 0.0691. The Balaban J connectivity index is 0.000000159. The van der Waals surface area contributed by atoms with Crippen molar-refractivity contribution in [3.63, 3.8) is 0 Å². The molecule has 0 amide bonds. The lowest BCUT2D eigenvalue weighted by molar-refractivity contribution is 0.00578. The van der Waals surface area contributed by atoms with Gasteiger partial charge in [-0.2, -0.15) is 0 Å². The first-order valence-electron chi connectivity index (χ1n) is 29.0. The first-order valence-corrected chi connectivity index (χ1v) is 33.3. The van der Waals surface area contributed by atoms with Crippen molar-refractivity contribution < 1.29 is 9.31 Å². The number of hydrogen-bond acceptors (Lipinski definition) is 4. The van der Waals surface area contributed by atoms with Gasteiger partial charge in [0.2, 0.25) is 0 Å². The summed E-state index contributed by atoms with van der Waals surface area (Å²) in [6, 6.07) is 107. The summed E-state index contributed by atoms with van der Waals surface area (Å²) in [6.45, 7) is 8.34. The first-order chi connectivity index (χ1) is 42.7.